The van der Waals surface area contributed by atoms with Gasteiger partial charge in [0.2, 0.25) is 5.91 Å². The minimum Gasteiger partial charge on any atom is -0.349 e. The molecule has 21 heavy (non-hydrogen) atoms. The lowest BCUT2D eigenvalue weighted by molar-refractivity contribution is -0.122. The van der Waals surface area contributed by atoms with E-state index in [0.717, 1.165) is 12.5 Å². The maximum atomic E-state index is 13.6. The van der Waals surface area contributed by atoms with E-state index in [1.807, 2.05) is 0 Å². The first-order valence-electron chi connectivity index (χ1n) is 7.80. The van der Waals surface area contributed by atoms with Crippen molar-refractivity contribution in [1.82, 2.24) is 5.32 Å². The molecule has 1 N–H and O–H groups in total. The van der Waals surface area contributed by atoms with Crippen LogP contribution in [0.3, 0.4) is 0 Å². The number of carbonyl (C=O) groups is 1. The predicted molar refractivity (Wildman–Crippen MR) is 78.7 cm³/mol. The lowest BCUT2D eigenvalue weighted by Crippen LogP contribution is -2.27. The van der Waals surface area contributed by atoms with Gasteiger partial charge in [-0.15, -0.1) is 0 Å². The van der Waals surface area contributed by atoms with Gasteiger partial charge in [-0.25, -0.2) is 8.78 Å². The molecule has 1 aromatic rings. The summed E-state index contributed by atoms with van der Waals surface area (Å²) in [7, 11) is 0. The summed E-state index contributed by atoms with van der Waals surface area (Å²) >= 11 is 0. The van der Waals surface area contributed by atoms with E-state index in [9.17, 15) is 13.6 Å². The Morgan fingerprint density at radius 3 is 2.67 bits per heavy atom. The van der Waals surface area contributed by atoms with Crippen molar-refractivity contribution in [1.29, 1.82) is 0 Å². The summed E-state index contributed by atoms with van der Waals surface area (Å²) in [5.41, 5.74) is 0.322. The van der Waals surface area contributed by atoms with Crippen molar-refractivity contribution >= 4 is 5.91 Å². The zero-order chi connectivity index (χ0) is 15.2. The Morgan fingerprint density at radius 2 is 2.00 bits per heavy atom. The van der Waals surface area contributed by atoms with E-state index < -0.39 is 17.7 Å². The molecular formula is C17H23F2NO. The van der Waals surface area contributed by atoms with E-state index in [1.54, 1.807) is 6.92 Å². The molecule has 0 bridgehead atoms. The summed E-state index contributed by atoms with van der Waals surface area (Å²) in [5.74, 6) is -0.624. The Labute approximate surface area is 124 Å². The second kappa shape index (κ2) is 7.53. The summed E-state index contributed by atoms with van der Waals surface area (Å²) in [6.45, 7) is 1.72. The van der Waals surface area contributed by atoms with E-state index >= 15 is 0 Å². The van der Waals surface area contributed by atoms with Crippen LogP contribution < -0.4 is 5.32 Å². The van der Waals surface area contributed by atoms with Crippen LogP contribution in [-0.2, 0) is 4.79 Å². The summed E-state index contributed by atoms with van der Waals surface area (Å²) < 4.78 is 26.5. The van der Waals surface area contributed by atoms with Gasteiger partial charge >= 0.3 is 0 Å². The molecule has 2 rings (SSSR count). The van der Waals surface area contributed by atoms with Crippen molar-refractivity contribution in [3.63, 3.8) is 0 Å². The number of rotatable bonds is 5. The molecular weight excluding hydrogens is 272 g/mol. The minimum absolute atomic E-state index is 0.0585. The summed E-state index contributed by atoms with van der Waals surface area (Å²) in [5, 5.41) is 2.79. The Kier molecular flexibility index (Phi) is 5.71. The van der Waals surface area contributed by atoms with Gasteiger partial charge in [-0.05, 0) is 25.3 Å². The van der Waals surface area contributed by atoms with Crippen LogP contribution >= 0.6 is 0 Å². The van der Waals surface area contributed by atoms with E-state index in [0.29, 0.717) is 17.9 Å². The molecule has 0 aromatic heterocycles. The zero-order valence-electron chi connectivity index (χ0n) is 12.5. The largest absolute Gasteiger partial charge is 0.349 e. The predicted octanol–water partition coefficient (Wildman–Crippen LogP) is 4.50. The molecule has 1 atom stereocenters. The standard InChI is InChI=1S/C17H23F2NO/c1-12(15-9-8-14(18)11-16(15)19)20-17(21)10-7-13-5-3-2-4-6-13/h8-9,11-13H,2-7,10H2,1H3,(H,20,21). The molecule has 0 saturated heterocycles. The molecule has 4 heteroatoms. The van der Waals surface area contributed by atoms with Gasteiger partial charge in [-0.3, -0.25) is 4.79 Å². The monoisotopic (exact) mass is 295 g/mol. The van der Waals surface area contributed by atoms with Crippen molar-refractivity contribution in [3.8, 4) is 0 Å². The molecule has 1 unspecified atom stereocenters. The fourth-order valence-corrected chi connectivity index (χ4v) is 3.06. The van der Waals surface area contributed by atoms with Crippen molar-refractivity contribution in [2.45, 2.75) is 57.9 Å². The van der Waals surface area contributed by atoms with Crippen molar-refractivity contribution < 1.29 is 13.6 Å². The summed E-state index contributed by atoms with van der Waals surface area (Å²) in [6.07, 6.45) is 7.67. The van der Waals surface area contributed by atoms with Gasteiger partial charge < -0.3 is 5.32 Å². The number of amides is 1. The van der Waals surface area contributed by atoms with Crippen molar-refractivity contribution in [2.24, 2.45) is 5.92 Å². The topological polar surface area (TPSA) is 29.1 Å². The zero-order valence-corrected chi connectivity index (χ0v) is 12.5. The maximum Gasteiger partial charge on any atom is 0.220 e. The molecule has 1 amide bonds. The third-order valence-corrected chi connectivity index (χ3v) is 4.31. The Balaban J connectivity index is 1.81. The van der Waals surface area contributed by atoms with Crippen LogP contribution in [0.5, 0.6) is 0 Å². The van der Waals surface area contributed by atoms with Gasteiger partial charge in [0.15, 0.2) is 0 Å². The molecule has 2 nitrogen and oxygen atoms in total. The lowest BCUT2D eigenvalue weighted by atomic mass is 9.86. The SMILES string of the molecule is CC(NC(=O)CCC1CCCCC1)c1ccc(F)cc1F. The number of nitrogens with one attached hydrogen (secondary N) is 1. The van der Waals surface area contributed by atoms with Crippen LogP contribution in [0.2, 0.25) is 0 Å². The molecule has 0 radical (unpaired) electrons. The summed E-state index contributed by atoms with van der Waals surface area (Å²) in [4.78, 5) is 11.9. The first-order valence-corrected chi connectivity index (χ1v) is 7.80. The van der Waals surface area contributed by atoms with Crippen molar-refractivity contribution in [2.75, 3.05) is 0 Å². The van der Waals surface area contributed by atoms with Gasteiger partial charge in [0, 0.05) is 18.1 Å². The first kappa shape index (κ1) is 15.9. The van der Waals surface area contributed by atoms with Crippen LogP contribution in [0, 0.1) is 17.6 Å². The number of hydrogen-bond acceptors (Lipinski definition) is 1. The van der Waals surface area contributed by atoms with Crippen LogP contribution in [0.15, 0.2) is 18.2 Å². The van der Waals surface area contributed by atoms with E-state index in [4.69, 9.17) is 0 Å². The quantitative estimate of drug-likeness (QED) is 0.851. The van der Waals surface area contributed by atoms with Gasteiger partial charge in [0.25, 0.3) is 0 Å². The molecule has 1 aromatic carbocycles. The third kappa shape index (κ3) is 4.80. The third-order valence-electron chi connectivity index (χ3n) is 4.31. The molecule has 116 valence electrons. The Bertz CT molecular complexity index is 484. The average Bonchev–Trinajstić information content (AvgIpc) is 2.46. The highest BCUT2D eigenvalue weighted by Gasteiger charge is 2.17. The fraction of sp³-hybridized carbons (Fsp3) is 0.588. The molecule has 0 aliphatic heterocycles. The number of benzene rings is 1. The van der Waals surface area contributed by atoms with E-state index in [1.165, 1.54) is 44.2 Å². The fourth-order valence-electron chi connectivity index (χ4n) is 3.06. The smallest absolute Gasteiger partial charge is 0.220 e. The molecule has 0 heterocycles. The second-order valence-electron chi connectivity index (χ2n) is 6.00. The number of halogens is 2. The highest BCUT2D eigenvalue weighted by Crippen LogP contribution is 2.27. The van der Waals surface area contributed by atoms with E-state index in [-0.39, 0.29) is 5.91 Å². The molecule has 1 aliphatic rings. The van der Waals surface area contributed by atoms with Crippen LogP contribution in [0.25, 0.3) is 0 Å². The normalized spacial score (nSPS) is 17.5. The van der Waals surface area contributed by atoms with Crippen molar-refractivity contribution in [3.05, 3.63) is 35.4 Å². The van der Waals surface area contributed by atoms with Gasteiger partial charge in [-0.2, -0.15) is 0 Å². The Hall–Kier alpha value is -1.45. The lowest BCUT2D eigenvalue weighted by Gasteiger charge is -2.21. The highest BCUT2D eigenvalue weighted by molar-refractivity contribution is 5.76. The van der Waals surface area contributed by atoms with Gasteiger partial charge in [0.1, 0.15) is 11.6 Å². The number of carbonyl (C=O) groups excluding carboxylic acids is 1. The van der Waals surface area contributed by atoms with Gasteiger partial charge in [0.05, 0.1) is 6.04 Å². The van der Waals surface area contributed by atoms with Crippen LogP contribution in [0.1, 0.15) is 63.5 Å². The van der Waals surface area contributed by atoms with Crippen LogP contribution in [0.4, 0.5) is 8.78 Å². The first-order chi connectivity index (χ1) is 10.1. The molecule has 1 saturated carbocycles. The second-order valence-corrected chi connectivity index (χ2v) is 6.00. The summed E-state index contributed by atoms with van der Waals surface area (Å²) in [6, 6.07) is 3.00. The Morgan fingerprint density at radius 1 is 1.29 bits per heavy atom. The average molecular weight is 295 g/mol. The van der Waals surface area contributed by atoms with Crippen LogP contribution in [-0.4, -0.2) is 5.91 Å². The van der Waals surface area contributed by atoms with E-state index in [2.05, 4.69) is 5.32 Å². The minimum atomic E-state index is -0.616. The highest BCUT2D eigenvalue weighted by atomic mass is 19.1. The molecule has 1 fully saturated rings. The molecule has 0 spiro atoms. The maximum absolute atomic E-state index is 13.6. The molecule has 1 aliphatic carbocycles. The van der Waals surface area contributed by atoms with Gasteiger partial charge in [-0.1, -0.05) is 38.2 Å². The number of hydrogen-bond donors (Lipinski definition) is 1.